The first-order valence-corrected chi connectivity index (χ1v) is 8.40. The van der Waals surface area contributed by atoms with E-state index in [2.05, 4.69) is 22.3 Å². The second-order valence-corrected chi connectivity index (χ2v) is 7.19. The Morgan fingerprint density at radius 3 is 2.83 bits per heavy atom. The molecular weight excluding hydrogens is 290 g/mol. The van der Waals surface area contributed by atoms with Gasteiger partial charge in [0.05, 0.1) is 0 Å². The van der Waals surface area contributed by atoms with Gasteiger partial charge in [-0.05, 0) is 69.8 Å². The topological polar surface area (TPSA) is 67.6 Å². The third-order valence-electron chi connectivity index (χ3n) is 3.89. The van der Waals surface area contributed by atoms with E-state index in [0.29, 0.717) is 6.54 Å². The average molecular weight is 319 g/mol. The molecule has 0 aliphatic carbocycles. The Kier molecular flexibility index (Phi) is 5.88. The second-order valence-electron chi connectivity index (χ2n) is 7.19. The van der Waals surface area contributed by atoms with Gasteiger partial charge in [-0.25, -0.2) is 4.79 Å². The van der Waals surface area contributed by atoms with E-state index >= 15 is 0 Å². The summed E-state index contributed by atoms with van der Waals surface area (Å²) in [6.45, 7) is 9.40. The fourth-order valence-corrected chi connectivity index (χ4v) is 2.79. The van der Waals surface area contributed by atoms with Crippen LogP contribution in [0.5, 0.6) is 0 Å². The molecule has 3 N–H and O–H groups in total. The van der Waals surface area contributed by atoms with Crippen LogP contribution in [0.25, 0.3) is 0 Å². The third-order valence-corrected chi connectivity index (χ3v) is 3.89. The number of amides is 1. The van der Waals surface area contributed by atoms with Crippen molar-refractivity contribution in [3.05, 3.63) is 29.3 Å². The van der Waals surface area contributed by atoms with Gasteiger partial charge in [0.1, 0.15) is 5.60 Å². The van der Waals surface area contributed by atoms with E-state index in [0.717, 1.165) is 44.6 Å². The van der Waals surface area contributed by atoms with E-state index in [4.69, 9.17) is 10.5 Å². The highest BCUT2D eigenvalue weighted by Crippen LogP contribution is 2.21. The van der Waals surface area contributed by atoms with Crippen LogP contribution in [0.2, 0.25) is 0 Å². The van der Waals surface area contributed by atoms with Crippen LogP contribution >= 0.6 is 0 Å². The van der Waals surface area contributed by atoms with Crippen molar-refractivity contribution in [1.82, 2.24) is 10.2 Å². The Labute approximate surface area is 139 Å². The zero-order valence-corrected chi connectivity index (χ0v) is 14.5. The summed E-state index contributed by atoms with van der Waals surface area (Å²) in [6.07, 6.45) is 2.77. The Hall–Kier alpha value is -1.75. The molecule has 0 fully saturated rings. The van der Waals surface area contributed by atoms with E-state index in [1.54, 1.807) is 0 Å². The van der Waals surface area contributed by atoms with Crippen molar-refractivity contribution in [2.24, 2.45) is 0 Å². The number of hydrogen-bond acceptors (Lipinski definition) is 4. The van der Waals surface area contributed by atoms with Gasteiger partial charge in [0.2, 0.25) is 0 Å². The van der Waals surface area contributed by atoms with Crippen LogP contribution in [0.3, 0.4) is 0 Å². The van der Waals surface area contributed by atoms with Crippen LogP contribution in [0, 0.1) is 0 Å². The van der Waals surface area contributed by atoms with Crippen molar-refractivity contribution in [1.29, 1.82) is 0 Å². The summed E-state index contributed by atoms with van der Waals surface area (Å²) in [5, 5.41) is 2.81. The Balaban J connectivity index is 1.62. The van der Waals surface area contributed by atoms with Crippen molar-refractivity contribution in [2.75, 3.05) is 25.4 Å². The summed E-state index contributed by atoms with van der Waals surface area (Å²) in [7, 11) is 0. The van der Waals surface area contributed by atoms with Crippen molar-refractivity contribution in [2.45, 2.75) is 52.2 Å². The quantitative estimate of drug-likeness (QED) is 0.647. The molecule has 128 valence electrons. The maximum Gasteiger partial charge on any atom is 0.407 e. The number of nitrogens with two attached hydrogens (primary N) is 1. The number of nitrogens with zero attached hydrogens (tertiary/aromatic N) is 1. The minimum atomic E-state index is -0.436. The number of anilines is 1. The number of alkyl carbamates (subject to hydrolysis) is 1. The van der Waals surface area contributed by atoms with Crippen LogP contribution in [-0.2, 0) is 17.7 Å². The predicted molar refractivity (Wildman–Crippen MR) is 93.3 cm³/mol. The normalized spacial score (nSPS) is 15.1. The monoisotopic (exact) mass is 319 g/mol. The highest BCUT2D eigenvalue weighted by molar-refractivity contribution is 5.67. The molecule has 23 heavy (non-hydrogen) atoms. The summed E-state index contributed by atoms with van der Waals surface area (Å²) in [6, 6.07) is 6.21. The molecule has 1 aliphatic rings. The van der Waals surface area contributed by atoms with Gasteiger partial charge >= 0.3 is 6.09 Å². The number of benzene rings is 1. The second kappa shape index (κ2) is 7.68. The lowest BCUT2D eigenvalue weighted by molar-refractivity contribution is 0.0526. The molecule has 0 radical (unpaired) electrons. The first-order chi connectivity index (χ1) is 10.8. The lowest BCUT2D eigenvalue weighted by atomic mass is 9.99. The largest absolute Gasteiger partial charge is 0.444 e. The standard InChI is InChI=1S/C18H29N3O2/c1-18(2,3)23-17(22)20-9-4-5-10-21-11-8-14-12-16(19)7-6-15(14)13-21/h6-7,12H,4-5,8-11,13,19H2,1-3H3,(H,20,22). The highest BCUT2D eigenvalue weighted by Gasteiger charge is 2.17. The highest BCUT2D eigenvalue weighted by atomic mass is 16.6. The number of nitrogens with one attached hydrogen (secondary N) is 1. The Morgan fingerprint density at radius 1 is 1.30 bits per heavy atom. The number of rotatable bonds is 5. The van der Waals surface area contributed by atoms with Gasteiger partial charge in [-0.3, -0.25) is 4.90 Å². The Morgan fingerprint density at radius 2 is 2.09 bits per heavy atom. The number of hydrogen-bond donors (Lipinski definition) is 2. The number of nitrogen functional groups attached to an aromatic ring is 1. The van der Waals surface area contributed by atoms with E-state index in [1.807, 2.05) is 26.8 Å². The molecule has 0 atom stereocenters. The number of fused-ring (bicyclic) bond motifs is 1. The van der Waals surface area contributed by atoms with Gasteiger partial charge < -0.3 is 15.8 Å². The predicted octanol–water partition coefficient (Wildman–Crippen LogP) is 2.93. The van der Waals surface area contributed by atoms with Crippen LogP contribution < -0.4 is 11.1 Å². The van der Waals surface area contributed by atoms with Crippen molar-refractivity contribution < 1.29 is 9.53 Å². The minimum absolute atomic E-state index is 0.331. The molecule has 0 aromatic heterocycles. The molecule has 0 spiro atoms. The van der Waals surface area contributed by atoms with Crippen LogP contribution in [0.15, 0.2) is 18.2 Å². The molecule has 5 nitrogen and oxygen atoms in total. The summed E-state index contributed by atoms with van der Waals surface area (Å²) in [4.78, 5) is 14.0. The van der Waals surface area contributed by atoms with Crippen LogP contribution in [0.4, 0.5) is 10.5 Å². The van der Waals surface area contributed by atoms with E-state index in [9.17, 15) is 4.79 Å². The molecule has 0 bridgehead atoms. The fraction of sp³-hybridized carbons (Fsp3) is 0.611. The van der Waals surface area contributed by atoms with E-state index in [1.165, 1.54) is 11.1 Å². The maximum atomic E-state index is 11.5. The van der Waals surface area contributed by atoms with Gasteiger partial charge in [-0.2, -0.15) is 0 Å². The number of carbonyl (C=O) groups excluding carboxylic acids is 1. The lowest BCUT2D eigenvalue weighted by Gasteiger charge is -2.29. The molecule has 1 aromatic carbocycles. The molecule has 1 amide bonds. The van der Waals surface area contributed by atoms with Crippen molar-refractivity contribution >= 4 is 11.8 Å². The van der Waals surface area contributed by atoms with Crippen molar-refractivity contribution in [3.63, 3.8) is 0 Å². The van der Waals surface area contributed by atoms with Crippen LogP contribution in [0.1, 0.15) is 44.7 Å². The smallest absolute Gasteiger partial charge is 0.407 e. The lowest BCUT2D eigenvalue weighted by Crippen LogP contribution is -2.34. The number of carbonyl (C=O) groups is 1. The van der Waals surface area contributed by atoms with E-state index in [-0.39, 0.29) is 6.09 Å². The molecule has 2 rings (SSSR count). The third kappa shape index (κ3) is 6.10. The number of ether oxygens (including phenoxy) is 1. The summed E-state index contributed by atoms with van der Waals surface area (Å²) >= 11 is 0. The molecule has 1 aliphatic heterocycles. The molecule has 0 saturated heterocycles. The van der Waals surface area contributed by atoms with E-state index < -0.39 is 5.60 Å². The SMILES string of the molecule is CC(C)(C)OC(=O)NCCCCN1CCc2cc(N)ccc2C1. The molecular formula is C18H29N3O2. The molecule has 0 saturated carbocycles. The van der Waals surface area contributed by atoms with Gasteiger partial charge in [0, 0.05) is 25.3 Å². The average Bonchev–Trinajstić information content (AvgIpc) is 2.45. The molecule has 5 heteroatoms. The van der Waals surface area contributed by atoms with Gasteiger partial charge in [0.15, 0.2) is 0 Å². The zero-order chi connectivity index (χ0) is 16.9. The first kappa shape index (κ1) is 17.6. The first-order valence-electron chi connectivity index (χ1n) is 8.40. The Bertz CT molecular complexity index is 538. The maximum absolute atomic E-state index is 11.5. The van der Waals surface area contributed by atoms with Gasteiger partial charge in [0.25, 0.3) is 0 Å². The number of unbranched alkanes of at least 4 members (excludes halogenated alkanes) is 1. The molecule has 1 aromatic rings. The summed E-state index contributed by atoms with van der Waals surface area (Å²) in [5.41, 5.74) is 9.02. The van der Waals surface area contributed by atoms with Gasteiger partial charge in [-0.15, -0.1) is 0 Å². The summed E-state index contributed by atoms with van der Waals surface area (Å²) in [5.74, 6) is 0. The molecule has 1 heterocycles. The molecule has 0 unspecified atom stereocenters. The zero-order valence-electron chi connectivity index (χ0n) is 14.5. The summed E-state index contributed by atoms with van der Waals surface area (Å²) < 4.78 is 5.21. The fourth-order valence-electron chi connectivity index (χ4n) is 2.79. The minimum Gasteiger partial charge on any atom is -0.444 e. The van der Waals surface area contributed by atoms with Crippen molar-refractivity contribution in [3.8, 4) is 0 Å². The van der Waals surface area contributed by atoms with Gasteiger partial charge in [-0.1, -0.05) is 6.07 Å². The van der Waals surface area contributed by atoms with Crippen LogP contribution in [-0.4, -0.2) is 36.2 Å².